The number of hydrogen-bond donors (Lipinski definition) is 1. The molecule has 0 amide bonds. The second-order valence-corrected chi connectivity index (χ2v) is 5.55. The molecule has 1 N–H and O–H groups in total. The van der Waals surface area contributed by atoms with E-state index in [9.17, 15) is 18.0 Å². The summed E-state index contributed by atoms with van der Waals surface area (Å²) in [6.45, 7) is 1.45. The maximum Gasteiger partial charge on any atom is 0.431 e. The molecule has 0 unspecified atom stereocenters. The quantitative estimate of drug-likeness (QED) is 0.837. The Kier molecular flexibility index (Phi) is 4.42. The molecule has 6 nitrogen and oxygen atoms in total. The van der Waals surface area contributed by atoms with Crippen LogP contribution < -0.4 is 5.32 Å². The standard InChI is InChI=1S/C15H12ClF3N4O2/c1-2-25-13(24)10-11(8-3-5-9(16)6-4-8)23-14(20-7-21-23)22-12(10)15(17,18)19/h3-7,11H,2H2,1H3,(H,20,21,22)/t11-/m1/s1. The van der Waals surface area contributed by atoms with Crippen LogP contribution in [0.15, 0.2) is 41.9 Å². The molecule has 1 aliphatic rings. The summed E-state index contributed by atoms with van der Waals surface area (Å²) in [6.07, 6.45) is -3.70. The Hall–Kier alpha value is -2.55. The predicted octanol–water partition coefficient (Wildman–Crippen LogP) is 3.33. The van der Waals surface area contributed by atoms with Gasteiger partial charge in [-0.15, -0.1) is 0 Å². The third kappa shape index (κ3) is 3.19. The van der Waals surface area contributed by atoms with Crippen LogP contribution in [0, 0.1) is 0 Å². The number of ether oxygens (including phenoxy) is 1. The lowest BCUT2D eigenvalue weighted by Crippen LogP contribution is -2.35. The van der Waals surface area contributed by atoms with E-state index in [-0.39, 0.29) is 12.6 Å². The summed E-state index contributed by atoms with van der Waals surface area (Å²) >= 11 is 5.85. The van der Waals surface area contributed by atoms with Crippen LogP contribution in [0.2, 0.25) is 5.02 Å². The average Bonchev–Trinajstić information content (AvgIpc) is 3.01. The lowest BCUT2D eigenvalue weighted by Gasteiger charge is -2.30. The Morgan fingerprint density at radius 1 is 1.36 bits per heavy atom. The summed E-state index contributed by atoms with van der Waals surface area (Å²) in [5.41, 5.74) is -1.41. The second kappa shape index (κ2) is 6.40. The van der Waals surface area contributed by atoms with Gasteiger partial charge in [-0.2, -0.15) is 23.3 Å². The Labute approximate surface area is 145 Å². The molecule has 1 aromatic carbocycles. The van der Waals surface area contributed by atoms with E-state index in [2.05, 4.69) is 15.4 Å². The summed E-state index contributed by atoms with van der Waals surface area (Å²) in [7, 11) is 0. The van der Waals surface area contributed by atoms with Gasteiger partial charge in [0.25, 0.3) is 0 Å². The smallest absolute Gasteiger partial charge is 0.431 e. The van der Waals surface area contributed by atoms with E-state index in [1.807, 2.05) is 0 Å². The minimum absolute atomic E-state index is 0.0645. The molecule has 0 spiro atoms. The van der Waals surface area contributed by atoms with Crippen LogP contribution in [0.25, 0.3) is 0 Å². The zero-order valence-corrected chi connectivity index (χ0v) is 13.6. The number of fused-ring (bicyclic) bond motifs is 1. The van der Waals surface area contributed by atoms with Crippen LogP contribution in [-0.4, -0.2) is 33.5 Å². The molecule has 1 aromatic heterocycles. The van der Waals surface area contributed by atoms with Crippen LogP contribution in [-0.2, 0) is 9.53 Å². The molecule has 0 aliphatic carbocycles. The fraction of sp³-hybridized carbons (Fsp3) is 0.267. The number of esters is 1. The molecule has 0 saturated carbocycles. The molecule has 1 aliphatic heterocycles. The van der Waals surface area contributed by atoms with Crippen LogP contribution >= 0.6 is 11.6 Å². The molecule has 2 aromatic rings. The maximum absolute atomic E-state index is 13.5. The number of hydrogen-bond acceptors (Lipinski definition) is 5. The number of benzene rings is 1. The van der Waals surface area contributed by atoms with Crippen molar-refractivity contribution in [3.63, 3.8) is 0 Å². The fourth-order valence-corrected chi connectivity index (χ4v) is 2.69. The second-order valence-electron chi connectivity index (χ2n) is 5.11. The highest BCUT2D eigenvalue weighted by molar-refractivity contribution is 6.30. The van der Waals surface area contributed by atoms with Gasteiger partial charge in [-0.25, -0.2) is 9.48 Å². The third-order valence-corrected chi connectivity index (χ3v) is 3.81. The number of aromatic nitrogens is 3. The first-order valence-corrected chi connectivity index (χ1v) is 7.61. The topological polar surface area (TPSA) is 69.0 Å². The molecule has 25 heavy (non-hydrogen) atoms. The van der Waals surface area contributed by atoms with Gasteiger partial charge in [0.2, 0.25) is 5.95 Å². The molecule has 0 bridgehead atoms. The van der Waals surface area contributed by atoms with Crippen molar-refractivity contribution in [2.75, 3.05) is 11.9 Å². The van der Waals surface area contributed by atoms with E-state index in [0.29, 0.717) is 10.6 Å². The third-order valence-electron chi connectivity index (χ3n) is 3.56. The van der Waals surface area contributed by atoms with Crippen molar-refractivity contribution in [3.8, 4) is 0 Å². The highest BCUT2D eigenvalue weighted by Crippen LogP contribution is 2.41. The van der Waals surface area contributed by atoms with Crippen LogP contribution in [0.4, 0.5) is 19.1 Å². The van der Waals surface area contributed by atoms with Gasteiger partial charge in [0, 0.05) is 5.02 Å². The number of nitrogens with one attached hydrogen (secondary N) is 1. The molecule has 1 atom stereocenters. The SMILES string of the molecule is CCOC(=O)C1=C(C(F)(F)F)Nc2ncnn2[C@@H]1c1ccc(Cl)cc1. The van der Waals surface area contributed by atoms with Gasteiger partial charge in [-0.1, -0.05) is 23.7 Å². The highest BCUT2D eigenvalue weighted by Gasteiger charge is 2.46. The number of nitrogens with zero attached hydrogens (tertiary/aromatic N) is 3. The number of alkyl halides is 3. The summed E-state index contributed by atoms with van der Waals surface area (Å²) in [5, 5.41) is 6.49. The van der Waals surface area contributed by atoms with Crippen molar-refractivity contribution < 1.29 is 22.7 Å². The summed E-state index contributed by atoms with van der Waals surface area (Å²) in [6, 6.07) is 4.94. The number of rotatable bonds is 3. The Morgan fingerprint density at radius 3 is 2.64 bits per heavy atom. The Balaban J connectivity index is 2.24. The highest BCUT2D eigenvalue weighted by atomic mass is 35.5. The van der Waals surface area contributed by atoms with Gasteiger partial charge >= 0.3 is 12.1 Å². The van der Waals surface area contributed by atoms with Gasteiger partial charge in [-0.3, -0.25) is 0 Å². The lowest BCUT2D eigenvalue weighted by atomic mass is 9.95. The Bertz CT molecular complexity index is 830. The number of allylic oxidation sites excluding steroid dienone is 1. The normalized spacial score (nSPS) is 17.1. The zero-order valence-electron chi connectivity index (χ0n) is 12.8. The minimum Gasteiger partial charge on any atom is -0.463 e. The number of carbonyl (C=O) groups excluding carboxylic acids is 1. The predicted molar refractivity (Wildman–Crippen MR) is 82.9 cm³/mol. The molecule has 3 rings (SSSR count). The Morgan fingerprint density at radius 2 is 2.04 bits per heavy atom. The van der Waals surface area contributed by atoms with Crippen molar-refractivity contribution >= 4 is 23.5 Å². The van der Waals surface area contributed by atoms with Gasteiger partial charge in [0.15, 0.2) is 0 Å². The van der Waals surface area contributed by atoms with E-state index in [1.165, 1.54) is 35.9 Å². The molecule has 0 radical (unpaired) electrons. The summed E-state index contributed by atoms with van der Waals surface area (Å²) in [5.74, 6) is -1.20. The molecule has 2 heterocycles. The fourth-order valence-electron chi connectivity index (χ4n) is 2.57. The van der Waals surface area contributed by atoms with E-state index in [1.54, 1.807) is 0 Å². The maximum atomic E-state index is 13.5. The van der Waals surface area contributed by atoms with Crippen LogP contribution in [0.5, 0.6) is 0 Å². The summed E-state index contributed by atoms with van der Waals surface area (Å²) < 4.78 is 46.7. The van der Waals surface area contributed by atoms with E-state index < -0.39 is 29.5 Å². The van der Waals surface area contributed by atoms with Gasteiger partial charge in [0.1, 0.15) is 18.1 Å². The first-order chi connectivity index (χ1) is 11.8. The average molecular weight is 373 g/mol. The van der Waals surface area contributed by atoms with E-state index in [0.717, 1.165) is 6.33 Å². The van der Waals surface area contributed by atoms with E-state index in [4.69, 9.17) is 16.3 Å². The minimum atomic E-state index is -4.80. The van der Waals surface area contributed by atoms with Gasteiger partial charge < -0.3 is 10.1 Å². The van der Waals surface area contributed by atoms with Crippen molar-refractivity contribution in [3.05, 3.63) is 52.4 Å². The van der Waals surface area contributed by atoms with E-state index >= 15 is 0 Å². The van der Waals surface area contributed by atoms with Gasteiger partial charge in [0.05, 0.1) is 12.2 Å². The molecule has 10 heteroatoms. The zero-order chi connectivity index (χ0) is 18.2. The largest absolute Gasteiger partial charge is 0.463 e. The molecule has 0 fully saturated rings. The molecular formula is C15H12ClF3N4O2. The molecule has 0 saturated heterocycles. The van der Waals surface area contributed by atoms with Crippen molar-refractivity contribution in [1.82, 2.24) is 14.8 Å². The first-order valence-electron chi connectivity index (χ1n) is 7.23. The number of carbonyl (C=O) groups is 1. The van der Waals surface area contributed by atoms with Crippen molar-refractivity contribution in [1.29, 1.82) is 0 Å². The monoisotopic (exact) mass is 372 g/mol. The summed E-state index contributed by atoms with van der Waals surface area (Å²) in [4.78, 5) is 16.1. The first kappa shape index (κ1) is 17.3. The van der Waals surface area contributed by atoms with Crippen LogP contribution in [0.1, 0.15) is 18.5 Å². The number of halogens is 4. The van der Waals surface area contributed by atoms with Crippen molar-refractivity contribution in [2.45, 2.75) is 19.1 Å². The van der Waals surface area contributed by atoms with Gasteiger partial charge in [-0.05, 0) is 24.6 Å². The van der Waals surface area contributed by atoms with Crippen molar-refractivity contribution in [2.24, 2.45) is 0 Å². The lowest BCUT2D eigenvalue weighted by molar-refractivity contribution is -0.140. The molecular weight excluding hydrogens is 361 g/mol. The van der Waals surface area contributed by atoms with Crippen LogP contribution in [0.3, 0.4) is 0 Å². The number of anilines is 1. The molecule has 132 valence electrons.